The van der Waals surface area contributed by atoms with E-state index in [2.05, 4.69) is 10.3 Å². The van der Waals surface area contributed by atoms with Crippen LogP contribution in [-0.4, -0.2) is 36.9 Å². The van der Waals surface area contributed by atoms with Gasteiger partial charge in [0.1, 0.15) is 15.9 Å². The minimum Gasteiger partial charge on any atom is -0.364 e. The molecule has 1 heterocycles. The summed E-state index contributed by atoms with van der Waals surface area (Å²) >= 11 is 0. The van der Waals surface area contributed by atoms with E-state index in [0.717, 1.165) is 12.3 Å². The summed E-state index contributed by atoms with van der Waals surface area (Å²) < 4.78 is 21.8. The second-order valence-corrected chi connectivity index (χ2v) is 6.13. The van der Waals surface area contributed by atoms with Crippen molar-refractivity contribution in [1.29, 1.82) is 5.26 Å². The molecule has 1 N–H and O–H groups in total. The number of hydrogen-bond acceptors (Lipinski definition) is 7. The summed E-state index contributed by atoms with van der Waals surface area (Å²) in [4.78, 5) is 13.9. The second-order valence-electron chi connectivity index (χ2n) is 3.87. The predicted molar refractivity (Wildman–Crippen MR) is 68.4 cm³/mol. The molecule has 0 saturated heterocycles. The van der Waals surface area contributed by atoms with Crippen LogP contribution < -0.4 is 5.32 Å². The molecular weight excluding hydrogens is 272 g/mol. The highest BCUT2D eigenvalue weighted by molar-refractivity contribution is 7.90. The third-order valence-electron chi connectivity index (χ3n) is 2.18. The molecule has 0 unspecified atom stereocenters. The Kier molecular flexibility index (Phi) is 4.77. The van der Waals surface area contributed by atoms with Crippen LogP contribution in [0.1, 0.15) is 12.0 Å². The Balaban J connectivity index is 2.73. The Morgan fingerprint density at radius 3 is 2.79 bits per heavy atom. The minimum absolute atomic E-state index is 0.00984. The van der Waals surface area contributed by atoms with E-state index in [4.69, 9.17) is 5.26 Å². The van der Waals surface area contributed by atoms with E-state index in [9.17, 15) is 18.5 Å². The van der Waals surface area contributed by atoms with Crippen molar-refractivity contribution in [1.82, 2.24) is 4.98 Å². The highest BCUT2D eigenvalue weighted by atomic mass is 32.2. The van der Waals surface area contributed by atoms with Crippen molar-refractivity contribution in [2.75, 3.05) is 23.9 Å². The smallest absolute Gasteiger partial charge is 0.312 e. The van der Waals surface area contributed by atoms with Crippen LogP contribution in [0.25, 0.3) is 0 Å². The number of sulfone groups is 1. The van der Waals surface area contributed by atoms with Gasteiger partial charge in [-0.2, -0.15) is 5.26 Å². The van der Waals surface area contributed by atoms with Crippen LogP contribution in [0.3, 0.4) is 0 Å². The fourth-order valence-corrected chi connectivity index (χ4v) is 2.00. The molecule has 0 aromatic carbocycles. The monoisotopic (exact) mass is 284 g/mol. The van der Waals surface area contributed by atoms with E-state index < -0.39 is 14.8 Å². The molecule has 19 heavy (non-hydrogen) atoms. The van der Waals surface area contributed by atoms with Gasteiger partial charge in [0.15, 0.2) is 0 Å². The van der Waals surface area contributed by atoms with Crippen molar-refractivity contribution in [3.63, 3.8) is 0 Å². The van der Waals surface area contributed by atoms with Gasteiger partial charge in [-0.15, -0.1) is 0 Å². The molecule has 0 aliphatic rings. The quantitative estimate of drug-likeness (QED) is 0.463. The third kappa shape index (κ3) is 4.89. The van der Waals surface area contributed by atoms with Crippen LogP contribution in [0.2, 0.25) is 0 Å². The third-order valence-corrected chi connectivity index (χ3v) is 3.21. The first-order valence-corrected chi connectivity index (χ1v) is 7.35. The second kappa shape index (κ2) is 6.10. The SMILES string of the molecule is CS(=O)(=O)CCCNc1ncc(C#N)cc1[N+](=O)[O-]. The van der Waals surface area contributed by atoms with Gasteiger partial charge in [-0.1, -0.05) is 0 Å². The van der Waals surface area contributed by atoms with Gasteiger partial charge >= 0.3 is 5.69 Å². The van der Waals surface area contributed by atoms with Crippen LogP contribution in [0, 0.1) is 21.4 Å². The first-order valence-electron chi connectivity index (χ1n) is 5.29. The average Bonchev–Trinajstić information content (AvgIpc) is 2.33. The maximum Gasteiger partial charge on any atom is 0.312 e. The Morgan fingerprint density at radius 2 is 2.26 bits per heavy atom. The molecular formula is C10H12N4O4S. The molecule has 1 aromatic rings. The van der Waals surface area contributed by atoms with Gasteiger partial charge in [0.25, 0.3) is 0 Å². The van der Waals surface area contributed by atoms with Crippen molar-refractivity contribution < 1.29 is 13.3 Å². The Bertz CT molecular complexity index is 621. The fraction of sp³-hybridized carbons (Fsp3) is 0.400. The number of nitriles is 1. The number of nitro groups is 1. The zero-order valence-electron chi connectivity index (χ0n) is 10.2. The van der Waals surface area contributed by atoms with E-state index in [0.29, 0.717) is 6.42 Å². The maximum atomic E-state index is 10.9. The normalized spacial score (nSPS) is 10.7. The lowest BCUT2D eigenvalue weighted by Gasteiger charge is -2.05. The van der Waals surface area contributed by atoms with Gasteiger partial charge in [-0.3, -0.25) is 10.1 Å². The fourth-order valence-electron chi connectivity index (χ4n) is 1.33. The molecule has 0 spiro atoms. The van der Waals surface area contributed by atoms with Crippen molar-refractivity contribution in [3.8, 4) is 6.07 Å². The van der Waals surface area contributed by atoms with Crippen LogP contribution in [0.5, 0.6) is 0 Å². The van der Waals surface area contributed by atoms with Crippen molar-refractivity contribution in [2.24, 2.45) is 0 Å². The summed E-state index contributed by atoms with van der Waals surface area (Å²) in [7, 11) is -3.05. The van der Waals surface area contributed by atoms with Crippen LogP contribution >= 0.6 is 0 Å². The number of rotatable bonds is 6. The number of nitrogens with zero attached hydrogens (tertiary/aromatic N) is 3. The Hall–Kier alpha value is -2.21. The van der Waals surface area contributed by atoms with E-state index in [1.807, 2.05) is 0 Å². The summed E-state index contributed by atoms with van der Waals surface area (Å²) in [6, 6.07) is 2.88. The summed E-state index contributed by atoms with van der Waals surface area (Å²) in [5, 5.41) is 22.1. The minimum atomic E-state index is -3.05. The van der Waals surface area contributed by atoms with E-state index in [-0.39, 0.29) is 29.4 Å². The molecule has 0 bridgehead atoms. The topological polar surface area (TPSA) is 126 Å². The molecule has 9 heteroatoms. The van der Waals surface area contributed by atoms with Gasteiger partial charge in [0.05, 0.1) is 16.2 Å². The number of nitrogens with one attached hydrogen (secondary N) is 1. The Labute approximate surface area is 110 Å². The number of hydrogen-bond donors (Lipinski definition) is 1. The lowest BCUT2D eigenvalue weighted by atomic mass is 10.2. The molecule has 0 aliphatic heterocycles. The first kappa shape index (κ1) is 14.8. The Morgan fingerprint density at radius 1 is 1.58 bits per heavy atom. The summed E-state index contributed by atoms with van der Waals surface area (Å²) in [5.74, 6) is 0.0156. The van der Waals surface area contributed by atoms with E-state index >= 15 is 0 Å². The van der Waals surface area contributed by atoms with Crippen LogP contribution in [0.4, 0.5) is 11.5 Å². The molecule has 0 saturated carbocycles. The molecule has 0 aliphatic carbocycles. The van der Waals surface area contributed by atoms with Gasteiger partial charge < -0.3 is 5.32 Å². The van der Waals surface area contributed by atoms with E-state index in [1.165, 1.54) is 6.20 Å². The lowest BCUT2D eigenvalue weighted by Crippen LogP contribution is -2.11. The molecule has 8 nitrogen and oxygen atoms in total. The lowest BCUT2D eigenvalue weighted by molar-refractivity contribution is -0.384. The average molecular weight is 284 g/mol. The molecule has 1 rings (SSSR count). The van der Waals surface area contributed by atoms with Crippen LogP contribution in [-0.2, 0) is 9.84 Å². The zero-order chi connectivity index (χ0) is 14.5. The van der Waals surface area contributed by atoms with Gasteiger partial charge in [0, 0.05) is 25.1 Å². The highest BCUT2D eigenvalue weighted by Gasteiger charge is 2.16. The summed E-state index contributed by atoms with van der Waals surface area (Å²) in [6.45, 7) is 0.243. The molecule has 102 valence electrons. The maximum absolute atomic E-state index is 10.9. The van der Waals surface area contributed by atoms with Crippen molar-refractivity contribution in [2.45, 2.75) is 6.42 Å². The number of aromatic nitrogens is 1. The van der Waals surface area contributed by atoms with Crippen molar-refractivity contribution in [3.05, 3.63) is 27.9 Å². The zero-order valence-corrected chi connectivity index (χ0v) is 11.0. The van der Waals surface area contributed by atoms with Gasteiger partial charge in [0.2, 0.25) is 5.82 Å². The highest BCUT2D eigenvalue weighted by Crippen LogP contribution is 2.22. The predicted octanol–water partition coefficient (Wildman–Crippen LogP) is 0.708. The summed E-state index contributed by atoms with van der Waals surface area (Å²) in [6.07, 6.45) is 2.65. The van der Waals surface area contributed by atoms with Gasteiger partial charge in [-0.25, -0.2) is 13.4 Å². The molecule has 0 fully saturated rings. The standard InChI is InChI=1S/C10H12N4O4S/c1-19(17,18)4-2-3-12-10-9(14(15)16)5-8(6-11)7-13-10/h5,7H,2-4H2,1H3,(H,12,13). The van der Waals surface area contributed by atoms with Crippen molar-refractivity contribution >= 4 is 21.3 Å². The first-order chi connectivity index (χ1) is 8.83. The van der Waals surface area contributed by atoms with E-state index in [1.54, 1.807) is 6.07 Å². The number of anilines is 1. The molecule has 0 radical (unpaired) electrons. The molecule has 0 amide bonds. The number of pyridine rings is 1. The largest absolute Gasteiger partial charge is 0.364 e. The van der Waals surface area contributed by atoms with Gasteiger partial charge in [-0.05, 0) is 6.42 Å². The van der Waals surface area contributed by atoms with Crippen LogP contribution in [0.15, 0.2) is 12.3 Å². The summed E-state index contributed by atoms with van der Waals surface area (Å²) in [5.41, 5.74) is -0.216. The molecule has 1 aromatic heterocycles. The molecule has 0 atom stereocenters.